The van der Waals surface area contributed by atoms with Gasteiger partial charge in [0.15, 0.2) is 0 Å². The van der Waals surface area contributed by atoms with Crippen LogP contribution in [0.2, 0.25) is 0 Å². The van der Waals surface area contributed by atoms with Gasteiger partial charge in [-0.2, -0.15) is 0 Å². The highest BCUT2D eigenvalue weighted by molar-refractivity contribution is 5.85. The summed E-state index contributed by atoms with van der Waals surface area (Å²) < 4.78 is 6.09. The fraction of sp³-hybridized carbons (Fsp3) is 0.550. The summed E-state index contributed by atoms with van der Waals surface area (Å²) in [7, 11) is 0. The second-order valence-corrected chi connectivity index (χ2v) is 8.37. The van der Waals surface area contributed by atoms with Crippen LogP contribution < -0.4 is 4.74 Å². The third kappa shape index (κ3) is 3.43. The highest BCUT2D eigenvalue weighted by Gasteiger charge is 2.24. The maximum Gasteiger partial charge on any atom is 0.142 e. The highest BCUT2D eigenvalue weighted by atomic mass is 16.5. The van der Waals surface area contributed by atoms with Gasteiger partial charge in [-0.3, -0.25) is 0 Å². The molecule has 1 aromatic heterocycles. The normalized spacial score (nSPS) is 13.0. The van der Waals surface area contributed by atoms with Crippen LogP contribution in [0.25, 0.3) is 10.9 Å². The molecule has 0 saturated carbocycles. The molecule has 0 amide bonds. The Balaban J connectivity index is 2.78. The Hall–Kier alpha value is -1.57. The fourth-order valence-corrected chi connectivity index (χ4v) is 2.71. The van der Waals surface area contributed by atoms with Gasteiger partial charge in [-0.05, 0) is 37.0 Å². The van der Waals surface area contributed by atoms with Crippen molar-refractivity contribution in [1.29, 1.82) is 0 Å². The third-order valence-corrected chi connectivity index (χ3v) is 3.71. The first-order chi connectivity index (χ1) is 10.00. The molecular weight excluding hydrogens is 270 g/mol. The summed E-state index contributed by atoms with van der Waals surface area (Å²) in [5.74, 6) is 0.909. The summed E-state index contributed by atoms with van der Waals surface area (Å²) in [6.07, 6.45) is 0.141. The minimum Gasteiger partial charge on any atom is -0.489 e. The Kier molecular flexibility index (Phi) is 4.25. The zero-order valence-corrected chi connectivity index (χ0v) is 15.2. The molecule has 0 spiro atoms. The Morgan fingerprint density at radius 2 is 1.59 bits per heavy atom. The number of fused-ring (bicyclic) bond motifs is 1. The molecule has 0 N–H and O–H groups in total. The van der Waals surface area contributed by atoms with Crippen LogP contribution in [0.5, 0.6) is 5.75 Å². The molecule has 1 heterocycles. The second kappa shape index (κ2) is 5.57. The molecule has 0 fully saturated rings. The van der Waals surface area contributed by atoms with Crippen LogP contribution >= 0.6 is 0 Å². The zero-order valence-electron chi connectivity index (χ0n) is 15.2. The fourth-order valence-electron chi connectivity index (χ4n) is 2.71. The molecule has 22 heavy (non-hydrogen) atoms. The lowest BCUT2D eigenvalue weighted by atomic mass is 9.83. The topological polar surface area (TPSA) is 22.1 Å². The Morgan fingerprint density at radius 1 is 0.955 bits per heavy atom. The van der Waals surface area contributed by atoms with Gasteiger partial charge < -0.3 is 4.74 Å². The number of hydrogen-bond donors (Lipinski definition) is 0. The number of nitrogens with zero attached hydrogens (tertiary/aromatic N) is 1. The SMILES string of the molecule is CC(C)Oc1cc2c(C(C)(C)C)cccc2nc1C(C)(C)C. The number of hydrogen-bond acceptors (Lipinski definition) is 2. The van der Waals surface area contributed by atoms with Crippen LogP contribution in [0.15, 0.2) is 24.3 Å². The van der Waals surface area contributed by atoms with E-state index in [9.17, 15) is 0 Å². The molecule has 0 radical (unpaired) electrons. The van der Waals surface area contributed by atoms with Gasteiger partial charge in [0.1, 0.15) is 5.75 Å². The number of rotatable bonds is 2. The van der Waals surface area contributed by atoms with E-state index >= 15 is 0 Å². The van der Waals surface area contributed by atoms with E-state index in [1.54, 1.807) is 0 Å². The molecule has 0 saturated heterocycles. The smallest absolute Gasteiger partial charge is 0.142 e. The zero-order chi connectivity index (χ0) is 16.7. The first-order valence-corrected chi connectivity index (χ1v) is 8.11. The molecule has 2 nitrogen and oxygen atoms in total. The molecule has 2 aromatic rings. The number of ether oxygens (including phenoxy) is 1. The van der Waals surface area contributed by atoms with Gasteiger partial charge in [-0.15, -0.1) is 0 Å². The summed E-state index contributed by atoms with van der Waals surface area (Å²) in [5, 5.41) is 1.19. The quantitative estimate of drug-likeness (QED) is 0.718. The maximum atomic E-state index is 6.09. The molecule has 120 valence electrons. The lowest BCUT2D eigenvalue weighted by Gasteiger charge is -2.26. The number of benzene rings is 1. The van der Waals surface area contributed by atoms with Crippen molar-refractivity contribution in [1.82, 2.24) is 4.98 Å². The van der Waals surface area contributed by atoms with Crippen LogP contribution in [-0.2, 0) is 10.8 Å². The van der Waals surface area contributed by atoms with Crippen molar-refractivity contribution in [3.8, 4) is 5.75 Å². The summed E-state index contributed by atoms with van der Waals surface area (Å²) in [6, 6.07) is 8.58. The minimum absolute atomic E-state index is 0.0455. The van der Waals surface area contributed by atoms with Crippen molar-refractivity contribution < 1.29 is 4.74 Å². The lowest BCUT2D eigenvalue weighted by Crippen LogP contribution is -2.19. The molecule has 2 heteroatoms. The maximum absolute atomic E-state index is 6.09. The Morgan fingerprint density at radius 3 is 2.09 bits per heavy atom. The predicted molar refractivity (Wildman–Crippen MR) is 94.9 cm³/mol. The Bertz CT molecular complexity index is 672. The number of aromatic nitrogens is 1. The van der Waals surface area contributed by atoms with E-state index in [2.05, 4.69) is 79.7 Å². The molecule has 0 unspecified atom stereocenters. The van der Waals surface area contributed by atoms with Crippen LogP contribution in [0, 0.1) is 0 Å². The third-order valence-electron chi connectivity index (χ3n) is 3.71. The summed E-state index contributed by atoms with van der Waals surface area (Å²) in [6.45, 7) is 17.4. The highest BCUT2D eigenvalue weighted by Crippen LogP contribution is 2.36. The summed E-state index contributed by atoms with van der Waals surface area (Å²) in [4.78, 5) is 4.95. The molecule has 0 atom stereocenters. The van der Waals surface area contributed by atoms with E-state index in [0.717, 1.165) is 17.0 Å². The van der Waals surface area contributed by atoms with Gasteiger partial charge in [-0.25, -0.2) is 4.98 Å². The van der Waals surface area contributed by atoms with Gasteiger partial charge in [0.25, 0.3) is 0 Å². The van der Waals surface area contributed by atoms with E-state index in [1.807, 2.05) is 0 Å². The van der Waals surface area contributed by atoms with Crippen LogP contribution in [-0.4, -0.2) is 11.1 Å². The van der Waals surface area contributed by atoms with Gasteiger partial charge in [0.05, 0.1) is 17.3 Å². The van der Waals surface area contributed by atoms with E-state index in [-0.39, 0.29) is 16.9 Å². The van der Waals surface area contributed by atoms with Gasteiger partial charge >= 0.3 is 0 Å². The van der Waals surface area contributed by atoms with Crippen LogP contribution in [0.1, 0.15) is 66.6 Å². The number of pyridine rings is 1. The van der Waals surface area contributed by atoms with Crippen LogP contribution in [0.4, 0.5) is 0 Å². The first kappa shape index (κ1) is 16.8. The van der Waals surface area contributed by atoms with Gasteiger partial charge in [0.2, 0.25) is 0 Å². The molecule has 0 aliphatic carbocycles. The largest absolute Gasteiger partial charge is 0.489 e. The first-order valence-electron chi connectivity index (χ1n) is 8.11. The molecule has 0 aliphatic rings. The molecule has 2 rings (SSSR count). The van der Waals surface area contributed by atoms with E-state index in [1.165, 1.54) is 10.9 Å². The molecule has 0 aliphatic heterocycles. The average molecular weight is 299 g/mol. The van der Waals surface area contributed by atoms with Crippen molar-refractivity contribution in [2.75, 3.05) is 0 Å². The van der Waals surface area contributed by atoms with Gasteiger partial charge in [0, 0.05) is 10.8 Å². The predicted octanol–water partition coefficient (Wildman–Crippen LogP) is 5.62. The van der Waals surface area contributed by atoms with Crippen molar-refractivity contribution in [3.05, 3.63) is 35.5 Å². The van der Waals surface area contributed by atoms with Crippen molar-refractivity contribution in [3.63, 3.8) is 0 Å². The van der Waals surface area contributed by atoms with Crippen LogP contribution in [0.3, 0.4) is 0 Å². The Labute approximate surface area is 134 Å². The van der Waals surface area contributed by atoms with E-state index < -0.39 is 0 Å². The average Bonchev–Trinajstić information content (AvgIpc) is 2.34. The monoisotopic (exact) mass is 299 g/mol. The molecule has 1 aromatic carbocycles. The summed E-state index contributed by atoms with van der Waals surface area (Å²) in [5.41, 5.74) is 3.43. The van der Waals surface area contributed by atoms with E-state index in [4.69, 9.17) is 9.72 Å². The molecular formula is C20H29NO. The van der Waals surface area contributed by atoms with Gasteiger partial charge in [-0.1, -0.05) is 53.7 Å². The second-order valence-electron chi connectivity index (χ2n) is 8.37. The summed E-state index contributed by atoms with van der Waals surface area (Å²) >= 11 is 0. The van der Waals surface area contributed by atoms with E-state index in [0.29, 0.717) is 0 Å². The minimum atomic E-state index is -0.0455. The van der Waals surface area contributed by atoms with Crippen molar-refractivity contribution in [2.24, 2.45) is 0 Å². The van der Waals surface area contributed by atoms with Crippen molar-refractivity contribution in [2.45, 2.75) is 72.3 Å². The molecule has 0 bridgehead atoms. The standard InChI is InChI=1S/C20H29NO/c1-13(2)22-17-12-14-15(19(3,4)5)10-9-11-16(14)21-18(17)20(6,7)8/h9-13H,1-8H3. The lowest BCUT2D eigenvalue weighted by molar-refractivity contribution is 0.235. The van der Waals surface area contributed by atoms with Crippen molar-refractivity contribution >= 4 is 10.9 Å².